The Bertz CT molecular complexity index is 963. The van der Waals surface area contributed by atoms with Crippen LogP contribution in [0.5, 0.6) is 5.75 Å². The van der Waals surface area contributed by atoms with E-state index in [1.165, 1.54) is 17.3 Å². The van der Waals surface area contributed by atoms with Crippen LogP contribution in [0.3, 0.4) is 0 Å². The zero-order valence-electron chi connectivity index (χ0n) is 17.4. The number of thioether (sulfide) groups is 1. The first-order chi connectivity index (χ1) is 15.0. The minimum atomic E-state index is -0.429. The van der Waals surface area contributed by atoms with E-state index in [2.05, 4.69) is 27.7 Å². The highest BCUT2D eigenvalue weighted by atomic mass is 35.5. The van der Waals surface area contributed by atoms with Gasteiger partial charge in [-0.05, 0) is 48.7 Å². The summed E-state index contributed by atoms with van der Waals surface area (Å²) in [4.78, 5) is 28.3. The first kappa shape index (κ1) is 22.0. The lowest BCUT2D eigenvalue weighted by atomic mass is 10.0. The SMILES string of the molecule is COc1cccc(CN2CCC(NC(=O)CC3Sc4ccc(Cl)cc4NC3=O)CC2)c1. The molecule has 2 amide bonds. The molecule has 1 fully saturated rings. The van der Waals surface area contributed by atoms with Gasteiger partial charge in [0.2, 0.25) is 11.8 Å². The van der Waals surface area contributed by atoms with E-state index in [-0.39, 0.29) is 24.3 Å². The van der Waals surface area contributed by atoms with E-state index in [0.29, 0.717) is 10.7 Å². The van der Waals surface area contributed by atoms with Gasteiger partial charge in [-0.3, -0.25) is 14.5 Å². The third kappa shape index (κ3) is 5.73. The number of rotatable bonds is 6. The summed E-state index contributed by atoms with van der Waals surface area (Å²) in [5.41, 5.74) is 1.94. The molecule has 6 nitrogen and oxygen atoms in total. The molecule has 2 aromatic rings. The van der Waals surface area contributed by atoms with E-state index in [1.807, 2.05) is 18.2 Å². The van der Waals surface area contributed by atoms with Crippen molar-refractivity contribution in [2.45, 2.75) is 42.0 Å². The summed E-state index contributed by atoms with van der Waals surface area (Å²) >= 11 is 7.41. The topological polar surface area (TPSA) is 70.7 Å². The number of methoxy groups -OCH3 is 1. The van der Waals surface area contributed by atoms with Gasteiger partial charge in [-0.1, -0.05) is 23.7 Å². The normalized spacial score (nSPS) is 19.4. The van der Waals surface area contributed by atoms with Crippen molar-refractivity contribution in [3.05, 3.63) is 53.1 Å². The fourth-order valence-electron chi connectivity index (χ4n) is 3.98. The quantitative estimate of drug-likeness (QED) is 0.684. The Kier molecular flexibility index (Phi) is 7.05. The molecule has 0 saturated carbocycles. The molecule has 0 aromatic heterocycles. The van der Waals surface area contributed by atoms with Crippen molar-refractivity contribution in [2.24, 2.45) is 0 Å². The maximum atomic E-state index is 12.6. The number of likely N-dealkylation sites (tertiary alicyclic amines) is 1. The Balaban J connectivity index is 1.24. The first-order valence-electron chi connectivity index (χ1n) is 10.4. The van der Waals surface area contributed by atoms with Crippen LogP contribution in [0.1, 0.15) is 24.8 Å². The zero-order chi connectivity index (χ0) is 21.8. The summed E-state index contributed by atoms with van der Waals surface area (Å²) in [5, 5.41) is 6.13. The predicted octanol–water partition coefficient (Wildman–Crippen LogP) is 3.93. The summed E-state index contributed by atoms with van der Waals surface area (Å²) in [5.74, 6) is 0.648. The molecule has 1 unspecified atom stereocenters. The molecule has 164 valence electrons. The number of nitrogens with one attached hydrogen (secondary N) is 2. The van der Waals surface area contributed by atoms with Gasteiger partial charge in [-0.2, -0.15) is 0 Å². The van der Waals surface area contributed by atoms with Crippen molar-refractivity contribution >= 4 is 40.9 Å². The van der Waals surface area contributed by atoms with Gasteiger partial charge in [0.05, 0.1) is 18.0 Å². The molecule has 31 heavy (non-hydrogen) atoms. The van der Waals surface area contributed by atoms with E-state index in [4.69, 9.17) is 16.3 Å². The Morgan fingerprint density at radius 3 is 2.84 bits per heavy atom. The summed E-state index contributed by atoms with van der Waals surface area (Å²) < 4.78 is 5.30. The highest BCUT2D eigenvalue weighted by Crippen LogP contribution is 2.38. The van der Waals surface area contributed by atoms with E-state index < -0.39 is 5.25 Å². The number of fused-ring (bicyclic) bond motifs is 1. The molecule has 4 rings (SSSR count). The molecular weight excluding hydrogens is 434 g/mol. The van der Waals surface area contributed by atoms with Crippen LogP contribution >= 0.6 is 23.4 Å². The number of carbonyl (C=O) groups is 2. The molecule has 1 saturated heterocycles. The van der Waals surface area contributed by atoms with Crippen LogP contribution in [0.2, 0.25) is 5.02 Å². The van der Waals surface area contributed by atoms with Crippen molar-refractivity contribution in [3.63, 3.8) is 0 Å². The van der Waals surface area contributed by atoms with Crippen molar-refractivity contribution in [3.8, 4) is 5.75 Å². The number of hydrogen-bond donors (Lipinski definition) is 2. The maximum absolute atomic E-state index is 12.6. The fraction of sp³-hybridized carbons (Fsp3) is 0.391. The highest BCUT2D eigenvalue weighted by molar-refractivity contribution is 8.01. The standard InChI is InChI=1S/C23H26ClN3O3S/c1-30-18-4-2-3-15(11-18)14-27-9-7-17(8-10-27)25-22(28)13-21-23(29)26-19-12-16(24)5-6-20(19)31-21/h2-6,11-12,17,21H,7-10,13-14H2,1H3,(H,25,28)(H,26,29). The van der Waals surface area contributed by atoms with E-state index in [0.717, 1.165) is 43.1 Å². The lowest BCUT2D eigenvalue weighted by molar-refractivity contribution is -0.124. The number of benzene rings is 2. The fourth-order valence-corrected chi connectivity index (χ4v) is 5.24. The second kappa shape index (κ2) is 9.94. The maximum Gasteiger partial charge on any atom is 0.238 e. The van der Waals surface area contributed by atoms with Crippen LogP contribution in [-0.4, -0.2) is 48.2 Å². The second-order valence-corrected chi connectivity index (χ2v) is 9.59. The molecular formula is C23H26ClN3O3S. The van der Waals surface area contributed by atoms with E-state index in [1.54, 1.807) is 19.2 Å². The van der Waals surface area contributed by atoms with Crippen LogP contribution in [0.4, 0.5) is 5.69 Å². The number of ether oxygens (including phenoxy) is 1. The lowest BCUT2D eigenvalue weighted by Gasteiger charge is -2.32. The number of carbonyl (C=O) groups excluding carboxylic acids is 2. The molecule has 2 heterocycles. The molecule has 2 aliphatic rings. The third-order valence-corrected chi connectivity index (χ3v) is 7.14. The van der Waals surface area contributed by atoms with Gasteiger partial charge in [0.25, 0.3) is 0 Å². The number of piperidine rings is 1. The summed E-state index contributed by atoms with van der Waals surface area (Å²) in [6.07, 6.45) is 1.98. The van der Waals surface area contributed by atoms with Gasteiger partial charge >= 0.3 is 0 Å². The van der Waals surface area contributed by atoms with Crippen molar-refractivity contribution in [2.75, 3.05) is 25.5 Å². The van der Waals surface area contributed by atoms with Gasteiger partial charge in [0.1, 0.15) is 5.75 Å². The first-order valence-corrected chi connectivity index (χ1v) is 11.7. The monoisotopic (exact) mass is 459 g/mol. The summed E-state index contributed by atoms with van der Waals surface area (Å²) in [7, 11) is 1.68. The molecule has 2 N–H and O–H groups in total. The van der Waals surface area contributed by atoms with E-state index in [9.17, 15) is 9.59 Å². The Labute approximate surface area is 191 Å². The Hall–Kier alpha value is -2.22. The van der Waals surface area contributed by atoms with Crippen LogP contribution < -0.4 is 15.4 Å². The predicted molar refractivity (Wildman–Crippen MR) is 124 cm³/mol. The zero-order valence-corrected chi connectivity index (χ0v) is 19.0. The summed E-state index contributed by atoms with van der Waals surface area (Å²) in [6, 6.07) is 13.7. The van der Waals surface area contributed by atoms with Crippen LogP contribution in [0.25, 0.3) is 0 Å². The third-order valence-electron chi connectivity index (χ3n) is 5.62. The van der Waals surface area contributed by atoms with Crippen LogP contribution in [0, 0.1) is 0 Å². The van der Waals surface area contributed by atoms with Crippen LogP contribution in [-0.2, 0) is 16.1 Å². The number of halogens is 1. The molecule has 0 bridgehead atoms. The minimum Gasteiger partial charge on any atom is -0.497 e. The average molecular weight is 460 g/mol. The molecule has 8 heteroatoms. The van der Waals surface area contributed by atoms with E-state index >= 15 is 0 Å². The molecule has 0 radical (unpaired) electrons. The molecule has 0 spiro atoms. The Morgan fingerprint density at radius 2 is 2.06 bits per heavy atom. The van der Waals surface area contributed by atoms with Gasteiger partial charge in [-0.15, -0.1) is 11.8 Å². The minimum absolute atomic E-state index is 0.0729. The number of anilines is 1. The number of nitrogens with zero attached hydrogens (tertiary/aromatic N) is 1. The second-order valence-electron chi connectivity index (χ2n) is 7.91. The molecule has 2 aliphatic heterocycles. The van der Waals surface area contributed by atoms with Crippen molar-refractivity contribution < 1.29 is 14.3 Å². The largest absolute Gasteiger partial charge is 0.497 e. The van der Waals surface area contributed by atoms with Gasteiger partial charge in [0, 0.05) is 42.0 Å². The Morgan fingerprint density at radius 1 is 1.26 bits per heavy atom. The van der Waals surface area contributed by atoms with Gasteiger partial charge < -0.3 is 15.4 Å². The highest BCUT2D eigenvalue weighted by Gasteiger charge is 2.30. The molecule has 2 aromatic carbocycles. The summed E-state index contributed by atoms with van der Waals surface area (Å²) in [6.45, 7) is 2.73. The van der Waals surface area contributed by atoms with Crippen molar-refractivity contribution in [1.82, 2.24) is 10.2 Å². The molecule has 0 aliphatic carbocycles. The van der Waals surface area contributed by atoms with Crippen molar-refractivity contribution in [1.29, 1.82) is 0 Å². The number of hydrogen-bond acceptors (Lipinski definition) is 5. The van der Waals surface area contributed by atoms with Crippen LogP contribution in [0.15, 0.2) is 47.4 Å². The molecule has 1 atom stereocenters. The van der Waals surface area contributed by atoms with Gasteiger partial charge in [0.15, 0.2) is 0 Å². The smallest absolute Gasteiger partial charge is 0.238 e. The van der Waals surface area contributed by atoms with Gasteiger partial charge in [-0.25, -0.2) is 0 Å². The average Bonchev–Trinajstić information content (AvgIpc) is 2.76. The number of amides is 2. The lowest BCUT2D eigenvalue weighted by Crippen LogP contribution is -2.45.